The fraction of sp³-hybridized carbons (Fsp3) is 0.667. The monoisotopic (exact) mass is 240 g/mol. The van der Waals surface area contributed by atoms with Crippen LogP contribution in [0, 0.1) is 0 Å². The predicted molar refractivity (Wildman–Crippen MR) is 67.7 cm³/mol. The number of thiophene rings is 1. The maximum Gasteiger partial charge on any atom is 0.0798 e. The first-order valence-electron chi connectivity index (χ1n) is 5.82. The highest BCUT2D eigenvalue weighted by molar-refractivity contribution is 7.09. The van der Waals surface area contributed by atoms with Crippen LogP contribution in [0.5, 0.6) is 0 Å². The van der Waals surface area contributed by atoms with E-state index in [0.717, 1.165) is 39.0 Å². The second-order valence-corrected chi connectivity index (χ2v) is 5.76. The molecule has 90 valence electrons. The van der Waals surface area contributed by atoms with Gasteiger partial charge in [-0.2, -0.15) is 0 Å². The summed E-state index contributed by atoms with van der Waals surface area (Å²) in [5.41, 5.74) is -0.489. The molecule has 2 rings (SSSR count). The number of hydrogen-bond donors (Lipinski definition) is 2. The minimum atomic E-state index is -0.489. The standard InChI is InChI=1S/C12H20N2OS/c1-14(9-11-3-2-8-16-11)10-12(15)4-6-13-7-5-12/h2-3,8,13,15H,4-7,9-10H2,1H3. The fourth-order valence-corrected chi connectivity index (χ4v) is 3.06. The van der Waals surface area contributed by atoms with Crippen molar-refractivity contribution in [1.82, 2.24) is 10.2 Å². The van der Waals surface area contributed by atoms with Gasteiger partial charge in [-0.05, 0) is 44.4 Å². The van der Waals surface area contributed by atoms with Gasteiger partial charge in [0, 0.05) is 18.0 Å². The van der Waals surface area contributed by atoms with Gasteiger partial charge in [0.05, 0.1) is 5.60 Å². The van der Waals surface area contributed by atoms with Crippen molar-refractivity contribution in [3.05, 3.63) is 22.4 Å². The van der Waals surface area contributed by atoms with Crippen LogP contribution in [0.1, 0.15) is 17.7 Å². The Bertz CT molecular complexity index is 307. The molecule has 1 aromatic heterocycles. The van der Waals surface area contributed by atoms with Crippen molar-refractivity contribution in [3.8, 4) is 0 Å². The zero-order valence-corrected chi connectivity index (χ0v) is 10.6. The highest BCUT2D eigenvalue weighted by Crippen LogP contribution is 2.20. The molecular formula is C12H20N2OS. The van der Waals surface area contributed by atoms with Gasteiger partial charge < -0.3 is 10.4 Å². The third-order valence-corrected chi connectivity index (χ3v) is 3.97. The van der Waals surface area contributed by atoms with Crippen molar-refractivity contribution in [2.75, 3.05) is 26.7 Å². The Balaban J connectivity index is 1.84. The number of hydrogen-bond acceptors (Lipinski definition) is 4. The van der Waals surface area contributed by atoms with Crippen molar-refractivity contribution >= 4 is 11.3 Å². The molecule has 2 N–H and O–H groups in total. The van der Waals surface area contributed by atoms with E-state index in [1.54, 1.807) is 11.3 Å². The Hall–Kier alpha value is -0.420. The summed E-state index contributed by atoms with van der Waals surface area (Å²) in [6, 6.07) is 4.22. The molecule has 1 aromatic rings. The van der Waals surface area contributed by atoms with Gasteiger partial charge in [0.25, 0.3) is 0 Å². The number of rotatable bonds is 4. The quantitative estimate of drug-likeness (QED) is 0.832. The Morgan fingerprint density at radius 3 is 2.88 bits per heavy atom. The molecule has 1 fully saturated rings. The minimum Gasteiger partial charge on any atom is -0.388 e. The first-order valence-corrected chi connectivity index (χ1v) is 6.70. The van der Waals surface area contributed by atoms with Gasteiger partial charge in [0.15, 0.2) is 0 Å². The van der Waals surface area contributed by atoms with Gasteiger partial charge in [-0.25, -0.2) is 0 Å². The number of piperidine rings is 1. The lowest BCUT2D eigenvalue weighted by atomic mass is 9.92. The van der Waals surface area contributed by atoms with Crippen LogP contribution >= 0.6 is 11.3 Å². The van der Waals surface area contributed by atoms with Gasteiger partial charge in [0.2, 0.25) is 0 Å². The second-order valence-electron chi connectivity index (χ2n) is 4.73. The van der Waals surface area contributed by atoms with E-state index in [9.17, 15) is 5.11 Å². The van der Waals surface area contributed by atoms with Crippen LogP contribution in [0.25, 0.3) is 0 Å². The van der Waals surface area contributed by atoms with E-state index in [1.165, 1.54) is 4.88 Å². The average Bonchev–Trinajstić information content (AvgIpc) is 2.70. The Morgan fingerprint density at radius 2 is 2.25 bits per heavy atom. The first kappa shape index (κ1) is 12.0. The number of nitrogens with one attached hydrogen (secondary N) is 1. The average molecular weight is 240 g/mol. The third-order valence-electron chi connectivity index (χ3n) is 3.10. The molecular weight excluding hydrogens is 220 g/mol. The Kier molecular flexibility index (Phi) is 3.97. The summed E-state index contributed by atoms with van der Waals surface area (Å²) in [5, 5.41) is 15.8. The van der Waals surface area contributed by atoms with Crippen molar-refractivity contribution in [2.45, 2.75) is 25.0 Å². The van der Waals surface area contributed by atoms with Gasteiger partial charge in [-0.15, -0.1) is 11.3 Å². The van der Waals surface area contributed by atoms with Crippen molar-refractivity contribution in [3.63, 3.8) is 0 Å². The molecule has 0 aromatic carbocycles. The van der Waals surface area contributed by atoms with Crippen LogP contribution in [0.3, 0.4) is 0 Å². The first-order chi connectivity index (χ1) is 7.68. The van der Waals surface area contributed by atoms with Crippen LogP contribution in [0.4, 0.5) is 0 Å². The highest BCUT2D eigenvalue weighted by Gasteiger charge is 2.30. The molecule has 1 aliphatic rings. The van der Waals surface area contributed by atoms with Gasteiger partial charge in [0.1, 0.15) is 0 Å². The van der Waals surface area contributed by atoms with Crippen molar-refractivity contribution in [2.24, 2.45) is 0 Å². The van der Waals surface area contributed by atoms with Crippen LogP contribution in [-0.4, -0.2) is 42.3 Å². The van der Waals surface area contributed by atoms with E-state index in [2.05, 4.69) is 34.8 Å². The molecule has 0 atom stereocenters. The summed E-state index contributed by atoms with van der Waals surface area (Å²) in [7, 11) is 2.08. The molecule has 0 spiro atoms. The van der Waals surface area contributed by atoms with E-state index in [1.807, 2.05) is 0 Å². The lowest BCUT2D eigenvalue weighted by molar-refractivity contribution is -0.0166. The van der Waals surface area contributed by atoms with Crippen molar-refractivity contribution < 1.29 is 5.11 Å². The normalized spacial score (nSPS) is 20.2. The SMILES string of the molecule is CN(Cc1cccs1)CC1(O)CCNCC1. The maximum absolute atomic E-state index is 10.4. The molecule has 4 heteroatoms. The van der Waals surface area contributed by atoms with E-state index in [0.29, 0.717) is 0 Å². The molecule has 1 aliphatic heterocycles. The molecule has 2 heterocycles. The zero-order valence-electron chi connectivity index (χ0n) is 9.78. The molecule has 0 aliphatic carbocycles. The smallest absolute Gasteiger partial charge is 0.0798 e. The van der Waals surface area contributed by atoms with E-state index < -0.39 is 5.60 Å². The molecule has 0 saturated carbocycles. The molecule has 0 amide bonds. The largest absolute Gasteiger partial charge is 0.388 e. The van der Waals surface area contributed by atoms with Crippen LogP contribution < -0.4 is 5.32 Å². The Labute approximate surface area is 101 Å². The molecule has 0 radical (unpaired) electrons. The number of aliphatic hydroxyl groups is 1. The third kappa shape index (κ3) is 3.28. The Morgan fingerprint density at radius 1 is 1.50 bits per heavy atom. The maximum atomic E-state index is 10.4. The van der Waals surface area contributed by atoms with Gasteiger partial charge in [-0.1, -0.05) is 6.07 Å². The van der Waals surface area contributed by atoms with Crippen molar-refractivity contribution in [1.29, 1.82) is 0 Å². The predicted octanol–water partition coefficient (Wildman–Crippen LogP) is 1.29. The van der Waals surface area contributed by atoms with E-state index in [-0.39, 0.29) is 0 Å². The summed E-state index contributed by atoms with van der Waals surface area (Å²) < 4.78 is 0. The minimum absolute atomic E-state index is 0.489. The van der Waals surface area contributed by atoms with E-state index >= 15 is 0 Å². The number of nitrogens with zero attached hydrogens (tertiary/aromatic N) is 1. The highest BCUT2D eigenvalue weighted by atomic mass is 32.1. The van der Waals surface area contributed by atoms with Gasteiger partial charge >= 0.3 is 0 Å². The van der Waals surface area contributed by atoms with Crippen LogP contribution in [-0.2, 0) is 6.54 Å². The summed E-state index contributed by atoms with van der Waals surface area (Å²) in [6.07, 6.45) is 1.73. The molecule has 16 heavy (non-hydrogen) atoms. The lowest BCUT2D eigenvalue weighted by Gasteiger charge is -2.35. The molecule has 1 saturated heterocycles. The summed E-state index contributed by atoms with van der Waals surface area (Å²) in [6.45, 7) is 3.58. The molecule has 0 bridgehead atoms. The summed E-state index contributed by atoms with van der Waals surface area (Å²) in [4.78, 5) is 3.58. The topological polar surface area (TPSA) is 35.5 Å². The fourth-order valence-electron chi connectivity index (χ4n) is 2.28. The summed E-state index contributed by atoms with van der Waals surface area (Å²) >= 11 is 1.78. The van der Waals surface area contributed by atoms with Gasteiger partial charge in [-0.3, -0.25) is 4.90 Å². The van der Waals surface area contributed by atoms with Crippen LogP contribution in [0.15, 0.2) is 17.5 Å². The van der Waals surface area contributed by atoms with Crippen LogP contribution in [0.2, 0.25) is 0 Å². The lowest BCUT2D eigenvalue weighted by Crippen LogP contribution is -2.48. The van der Waals surface area contributed by atoms with E-state index in [4.69, 9.17) is 0 Å². The second kappa shape index (κ2) is 5.27. The zero-order chi connectivity index (χ0) is 11.4. The molecule has 0 unspecified atom stereocenters. The summed E-state index contributed by atoms with van der Waals surface area (Å²) in [5.74, 6) is 0. The number of likely N-dealkylation sites (N-methyl/N-ethyl adjacent to an activating group) is 1. The molecule has 3 nitrogen and oxygen atoms in total.